The summed E-state index contributed by atoms with van der Waals surface area (Å²) in [6.07, 6.45) is 7.38. The van der Waals surface area contributed by atoms with E-state index < -0.39 is 11.9 Å². The molecule has 0 aliphatic carbocycles. The molecule has 9 heteroatoms. The molecule has 3 heterocycles. The maximum atomic E-state index is 11.3. The lowest BCUT2D eigenvalue weighted by Crippen LogP contribution is -1.97. The molecule has 214 valence electrons. The third-order valence-corrected chi connectivity index (χ3v) is 9.36. The summed E-state index contributed by atoms with van der Waals surface area (Å²) in [5, 5.41) is 38.9. The van der Waals surface area contributed by atoms with Crippen LogP contribution in [0.4, 0.5) is 0 Å². The summed E-state index contributed by atoms with van der Waals surface area (Å²) in [5.41, 5.74) is 3.67. The van der Waals surface area contributed by atoms with E-state index >= 15 is 0 Å². The highest BCUT2D eigenvalue weighted by Crippen LogP contribution is 2.38. The number of benzene rings is 2. The van der Waals surface area contributed by atoms with E-state index in [1.165, 1.54) is 47.7 Å². The lowest BCUT2D eigenvalue weighted by Gasteiger charge is -2.08. The first kappa shape index (κ1) is 29.5. The van der Waals surface area contributed by atoms with Crippen LogP contribution in [0, 0.1) is 22.7 Å². The van der Waals surface area contributed by atoms with Crippen LogP contribution in [0.3, 0.4) is 0 Å². The third kappa shape index (κ3) is 6.29. The summed E-state index contributed by atoms with van der Waals surface area (Å²) in [6, 6.07) is 23.8. The Morgan fingerprint density at radius 1 is 0.744 bits per heavy atom. The smallest absolute Gasteiger partial charge is 0.346 e. The van der Waals surface area contributed by atoms with Crippen molar-refractivity contribution in [3.63, 3.8) is 0 Å². The fraction of sp³-hybridized carbons (Fsp3) is 0.176. The van der Waals surface area contributed by atoms with E-state index in [9.17, 15) is 19.8 Å². The van der Waals surface area contributed by atoms with Crippen LogP contribution in [0.15, 0.2) is 71.8 Å². The third-order valence-electron chi connectivity index (χ3n) is 7.20. The van der Waals surface area contributed by atoms with Gasteiger partial charge >= 0.3 is 11.9 Å². The first-order valence-electron chi connectivity index (χ1n) is 13.8. The molecule has 0 saturated carbocycles. The van der Waals surface area contributed by atoms with Crippen LogP contribution < -0.4 is 0 Å². The molecule has 0 aliphatic rings. The van der Waals surface area contributed by atoms with Gasteiger partial charge in [-0.15, -0.1) is 22.7 Å². The molecule has 5 rings (SSSR count). The van der Waals surface area contributed by atoms with Crippen molar-refractivity contribution < 1.29 is 19.8 Å². The zero-order valence-electron chi connectivity index (χ0n) is 23.3. The van der Waals surface area contributed by atoms with Crippen molar-refractivity contribution in [1.29, 1.82) is 10.5 Å². The molecule has 0 radical (unpaired) electrons. The van der Waals surface area contributed by atoms with Gasteiger partial charge in [0.1, 0.15) is 23.3 Å². The Labute approximate surface area is 256 Å². The summed E-state index contributed by atoms with van der Waals surface area (Å²) in [6.45, 7) is 3.10. The van der Waals surface area contributed by atoms with Gasteiger partial charge in [-0.2, -0.15) is 10.5 Å². The number of carbonyl (C=O) groups is 2. The molecule has 3 aromatic heterocycles. The first-order chi connectivity index (χ1) is 20.8. The zero-order valence-corrected chi connectivity index (χ0v) is 25.0. The van der Waals surface area contributed by atoms with Gasteiger partial charge in [-0.25, -0.2) is 9.59 Å². The van der Waals surface area contributed by atoms with Crippen molar-refractivity contribution in [3.8, 4) is 33.0 Å². The van der Waals surface area contributed by atoms with Gasteiger partial charge in [-0.3, -0.25) is 0 Å². The second kappa shape index (κ2) is 12.9. The number of rotatable bonds is 11. The number of aryl methyl sites for hydroxylation is 1. The average molecular weight is 606 g/mol. The zero-order chi connectivity index (χ0) is 30.5. The topological polar surface area (TPSA) is 127 Å². The molecular weight excluding hydrogens is 579 g/mol. The molecule has 7 nitrogen and oxygen atoms in total. The Hall–Kier alpha value is -4.96. The average Bonchev–Trinajstić information content (AvgIpc) is 3.74. The maximum Gasteiger partial charge on any atom is 0.346 e. The number of thiophene rings is 2. The van der Waals surface area contributed by atoms with Crippen LogP contribution >= 0.6 is 22.7 Å². The summed E-state index contributed by atoms with van der Waals surface area (Å²) in [4.78, 5) is 25.9. The van der Waals surface area contributed by atoms with Gasteiger partial charge in [0.05, 0.1) is 0 Å². The molecule has 2 N–H and O–H groups in total. The number of nitrogens with zero attached hydrogens (tertiary/aromatic N) is 3. The van der Waals surface area contributed by atoms with Crippen molar-refractivity contribution >= 4 is 68.6 Å². The minimum atomic E-state index is -1.25. The standard InChI is InChI=1S/C34H27N3O4S2/c1-2-3-4-5-14-37-29-10-6-21(31-12-8-25(42-31)15-23(19-35)33(38)39)17-27(29)28-18-22(7-11-30(28)37)32-13-9-26(43-32)16-24(20-36)34(40)41/h6-13,15-18H,2-5,14H2,1H3,(H,38,39)(H,40,41)/b23-15-,24-16-. The molecule has 0 amide bonds. The molecular formula is C34H27N3O4S2. The summed E-state index contributed by atoms with van der Waals surface area (Å²) < 4.78 is 2.37. The van der Waals surface area contributed by atoms with Gasteiger partial charge in [0, 0.05) is 47.9 Å². The van der Waals surface area contributed by atoms with E-state index in [1.54, 1.807) is 12.1 Å². The molecule has 2 aromatic carbocycles. The van der Waals surface area contributed by atoms with E-state index in [0.717, 1.165) is 62.1 Å². The maximum absolute atomic E-state index is 11.3. The van der Waals surface area contributed by atoms with Gasteiger partial charge < -0.3 is 14.8 Å². The lowest BCUT2D eigenvalue weighted by molar-refractivity contribution is -0.133. The Bertz CT molecular complexity index is 1870. The number of fused-ring (bicyclic) bond motifs is 3. The highest BCUT2D eigenvalue weighted by atomic mass is 32.1. The fourth-order valence-electron chi connectivity index (χ4n) is 5.09. The quantitative estimate of drug-likeness (QED) is 0.0880. The number of hydrogen-bond donors (Lipinski definition) is 2. The predicted molar refractivity (Wildman–Crippen MR) is 173 cm³/mol. The summed E-state index contributed by atoms with van der Waals surface area (Å²) in [5.74, 6) is -2.50. The Kier molecular flexibility index (Phi) is 8.87. The van der Waals surface area contributed by atoms with Crippen molar-refractivity contribution in [2.45, 2.75) is 39.2 Å². The number of unbranched alkanes of at least 4 members (excludes halogenated alkanes) is 3. The normalized spacial score (nSPS) is 12.0. The van der Waals surface area contributed by atoms with Crippen LogP contribution in [0.5, 0.6) is 0 Å². The summed E-state index contributed by atoms with van der Waals surface area (Å²) in [7, 11) is 0. The molecule has 0 spiro atoms. The summed E-state index contributed by atoms with van der Waals surface area (Å²) >= 11 is 2.86. The molecule has 5 aromatic rings. The molecule has 0 unspecified atom stereocenters. The molecule has 0 atom stereocenters. The first-order valence-corrected chi connectivity index (χ1v) is 15.4. The van der Waals surface area contributed by atoms with Crippen molar-refractivity contribution in [2.24, 2.45) is 0 Å². The molecule has 0 bridgehead atoms. The van der Waals surface area contributed by atoms with Gasteiger partial charge in [0.2, 0.25) is 0 Å². The number of carboxylic acid groups (broad SMARTS) is 2. The predicted octanol–water partition coefficient (Wildman–Crippen LogP) is 8.81. The minimum Gasteiger partial charge on any atom is -0.477 e. The monoisotopic (exact) mass is 605 g/mol. The number of nitriles is 2. The van der Waals surface area contributed by atoms with Crippen LogP contribution in [0.1, 0.15) is 42.4 Å². The van der Waals surface area contributed by atoms with E-state index in [4.69, 9.17) is 10.5 Å². The second-order valence-electron chi connectivity index (χ2n) is 10.0. The van der Waals surface area contributed by atoms with Crippen LogP contribution in [-0.4, -0.2) is 26.7 Å². The number of carboxylic acids is 2. The largest absolute Gasteiger partial charge is 0.477 e. The highest BCUT2D eigenvalue weighted by Gasteiger charge is 2.15. The van der Waals surface area contributed by atoms with Gasteiger partial charge in [0.25, 0.3) is 0 Å². The van der Waals surface area contributed by atoms with Gasteiger partial charge in [-0.05, 0) is 78.2 Å². The molecule has 0 fully saturated rings. The Morgan fingerprint density at radius 3 is 1.65 bits per heavy atom. The van der Waals surface area contributed by atoms with Crippen LogP contribution in [0.2, 0.25) is 0 Å². The van der Waals surface area contributed by atoms with E-state index in [1.807, 2.05) is 24.3 Å². The molecule has 43 heavy (non-hydrogen) atoms. The van der Waals surface area contributed by atoms with Crippen molar-refractivity contribution in [2.75, 3.05) is 0 Å². The van der Waals surface area contributed by atoms with Crippen molar-refractivity contribution in [3.05, 3.63) is 81.6 Å². The number of aromatic nitrogens is 1. The van der Waals surface area contributed by atoms with E-state index in [0.29, 0.717) is 9.75 Å². The Balaban J connectivity index is 1.59. The minimum absolute atomic E-state index is 0.304. The van der Waals surface area contributed by atoms with Crippen LogP contribution in [-0.2, 0) is 16.1 Å². The van der Waals surface area contributed by atoms with Gasteiger partial charge in [-0.1, -0.05) is 38.3 Å². The molecule has 0 aliphatic heterocycles. The van der Waals surface area contributed by atoms with Crippen molar-refractivity contribution in [1.82, 2.24) is 4.57 Å². The molecule has 0 saturated heterocycles. The number of aliphatic carboxylic acids is 2. The Morgan fingerprint density at radius 2 is 1.23 bits per heavy atom. The SMILES string of the molecule is CCCCCCn1c2ccc(-c3ccc(/C=C(/C#N)C(=O)O)s3)cc2c2cc(-c3ccc(/C=C(/C#N)C(=O)O)s3)ccc21. The fourth-order valence-corrected chi connectivity index (χ4v) is 6.98. The highest BCUT2D eigenvalue weighted by molar-refractivity contribution is 7.16. The van der Waals surface area contributed by atoms with E-state index in [-0.39, 0.29) is 11.1 Å². The van der Waals surface area contributed by atoms with Crippen LogP contribution in [0.25, 0.3) is 54.8 Å². The van der Waals surface area contributed by atoms with E-state index in [2.05, 4.69) is 47.9 Å². The second-order valence-corrected chi connectivity index (χ2v) is 12.3. The van der Waals surface area contributed by atoms with Gasteiger partial charge in [0.15, 0.2) is 0 Å². The lowest BCUT2D eigenvalue weighted by atomic mass is 10.1. The number of hydrogen-bond acceptors (Lipinski definition) is 6.